The predicted octanol–water partition coefficient (Wildman–Crippen LogP) is 3.41. The third-order valence-electron chi connectivity index (χ3n) is 6.03. The molecule has 1 saturated heterocycles. The molecule has 2 fully saturated rings. The summed E-state index contributed by atoms with van der Waals surface area (Å²) in [4.78, 5) is 46.6. The number of aromatic nitrogens is 2. The number of carbonyl (C=O) groups excluding carboxylic acids is 3. The summed E-state index contributed by atoms with van der Waals surface area (Å²) in [7, 11) is 0. The van der Waals surface area contributed by atoms with Crippen LogP contribution in [-0.2, 0) is 20.8 Å². The Kier molecular flexibility index (Phi) is 5.15. The third kappa shape index (κ3) is 3.91. The van der Waals surface area contributed by atoms with Gasteiger partial charge < -0.3 is 10.3 Å². The molecular weight excluding hydrogens is 368 g/mol. The first-order chi connectivity index (χ1) is 13.9. The number of aromatic amines is 1. The van der Waals surface area contributed by atoms with E-state index in [0.29, 0.717) is 18.0 Å². The molecule has 1 aromatic carbocycles. The minimum atomic E-state index is -0.479. The number of benzene rings is 1. The van der Waals surface area contributed by atoms with Crippen molar-refractivity contribution in [2.45, 2.75) is 58.8 Å². The summed E-state index contributed by atoms with van der Waals surface area (Å²) in [6.45, 7) is 4.43. The van der Waals surface area contributed by atoms with E-state index >= 15 is 0 Å². The topological polar surface area (TPSA) is 95.2 Å². The number of imidazole rings is 1. The zero-order valence-corrected chi connectivity index (χ0v) is 17.1. The molecule has 1 aliphatic carbocycles. The molecular formula is C22H28N4O3. The Labute approximate surface area is 170 Å². The number of fused-ring (bicyclic) bond motifs is 1. The van der Waals surface area contributed by atoms with E-state index in [9.17, 15) is 14.4 Å². The second kappa shape index (κ2) is 7.61. The van der Waals surface area contributed by atoms with Gasteiger partial charge >= 0.3 is 0 Å². The zero-order valence-electron chi connectivity index (χ0n) is 17.1. The highest BCUT2D eigenvalue weighted by Crippen LogP contribution is 2.46. The van der Waals surface area contributed by atoms with Gasteiger partial charge in [-0.15, -0.1) is 0 Å². The number of imide groups is 1. The summed E-state index contributed by atoms with van der Waals surface area (Å²) in [5.74, 6) is 1.02. The molecule has 2 aliphatic rings. The molecule has 29 heavy (non-hydrogen) atoms. The summed E-state index contributed by atoms with van der Waals surface area (Å²) in [6, 6.07) is 5.56. The van der Waals surface area contributed by atoms with Crippen LogP contribution in [0, 0.1) is 11.3 Å². The normalized spacial score (nSPS) is 18.5. The van der Waals surface area contributed by atoms with Crippen LogP contribution < -0.4 is 5.32 Å². The van der Waals surface area contributed by atoms with Crippen LogP contribution in [0.1, 0.15) is 58.2 Å². The largest absolute Gasteiger partial charge is 0.342 e. The van der Waals surface area contributed by atoms with Crippen molar-refractivity contribution in [3.05, 3.63) is 24.0 Å². The molecule has 1 spiro atoms. The lowest BCUT2D eigenvalue weighted by atomic mass is 9.84. The van der Waals surface area contributed by atoms with Gasteiger partial charge in [-0.05, 0) is 37.0 Å². The molecule has 0 bridgehead atoms. The number of nitrogens with zero attached hydrogens (tertiary/aromatic N) is 2. The van der Waals surface area contributed by atoms with Gasteiger partial charge in [-0.3, -0.25) is 19.3 Å². The Bertz CT molecular complexity index is 956. The first kappa shape index (κ1) is 19.6. The van der Waals surface area contributed by atoms with Gasteiger partial charge in [0.2, 0.25) is 17.7 Å². The quantitative estimate of drug-likeness (QED) is 0.732. The number of amides is 3. The van der Waals surface area contributed by atoms with Gasteiger partial charge in [0.05, 0.1) is 16.4 Å². The number of carbonyl (C=O) groups is 3. The highest BCUT2D eigenvalue weighted by molar-refractivity contribution is 6.06. The molecule has 1 aliphatic heterocycles. The second-order valence-corrected chi connectivity index (χ2v) is 8.83. The van der Waals surface area contributed by atoms with Crippen LogP contribution in [-0.4, -0.2) is 39.1 Å². The number of hydrogen-bond donors (Lipinski definition) is 2. The minimum absolute atomic E-state index is 0.0793. The molecule has 0 unspecified atom stereocenters. The van der Waals surface area contributed by atoms with Crippen molar-refractivity contribution in [1.29, 1.82) is 0 Å². The lowest BCUT2D eigenvalue weighted by Crippen LogP contribution is -2.36. The lowest BCUT2D eigenvalue weighted by molar-refractivity contribution is -0.141. The van der Waals surface area contributed by atoms with E-state index in [1.165, 1.54) is 4.90 Å². The Balaban J connectivity index is 1.36. The summed E-state index contributed by atoms with van der Waals surface area (Å²) in [5, 5.41) is 2.86. The smallest absolute Gasteiger partial charge is 0.235 e. The first-order valence-electron chi connectivity index (χ1n) is 10.5. The van der Waals surface area contributed by atoms with E-state index in [1.54, 1.807) is 0 Å². The number of nitrogens with one attached hydrogen (secondary N) is 2. The van der Waals surface area contributed by atoms with Crippen molar-refractivity contribution >= 4 is 34.4 Å². The van der Waals surface area contributed by atoms with Crippen molar-refractivity contribution < 1.29 is 14.4 Å². The first-order valence-corrected chi connectivity index (χ1v) is 10.5. The standard InChI is InChI=1S/C22H28N4O3/c1-14(2)11-18-24-16-6-5-15(12-17(16)25-18)23-19(27)7-10-26-20(28)13-22(21(26)29)8-3-4-9-22/h5-6,12,14H,3-4,7-11,13H2,1-2H3,(H,23,27)(H,24,25). The van der Waals surface area contributed by atoms with Crippen LogP contribution in [0.25, 0.3) is 11.0 Å². The monoisotopic (exact) mass is 396 g/mol. The Morgan fingerprint density at radius 2 is 2.03 bits per heavy atom. The van der Waals surface area contributed by atoms with Crippen LogP contribution >= 0.6 is 0 Å². The van der Waals surface area contributed by atoms with Crippen molar-refractivity contribution in [2.75, 3.05) is 11.9 Å². The molecule has 3 amide bonds. The molecule has 1 aromatic heterocycles. The van der Waals surface area contributed by atoms with E-state index in [-0.39, 0.29) is 30.7 Å². The average Bonchev–Trinajstić information content (AvgIpc) is 3.32. The molecule has 0 atom stereocenters. The van der Waals surface area contributed by atoms with Crippen LogP contribution in [0.15, 0.2) is 18.2 Å². The molecule has 2 N–H and O–H groups in total. The van der Waals surface area contributed by atoms with E-state index in [2.05, 4.69) is 29.1 Å². The van der Waals surface area contributed by atoms with Gasteiger partial charge in [-0.25, -0.2) is 4.98 Å². The molecule has 1 saturated carbocycles. The number of hydrogen-bond acceptors (Lipinski definition) is 4. The second-order valence-electron chi connectivity index (χ2n) is 8.83. The molecule has 2 aromatic rings. The molecule has 0 radical (unpaired) electrons. The number of anilines is 1. The zero-order chi connectivity index (χ0) is 20.6. The van der Waals surface area contributed by atoms with Crippen LogP contribution in [0.3, 0.4) is 0 Å². The van der Waals surface area contributed by atoms with Gasteiger partial charge in [0.25, 0.3) is 0 Å². The average molecular weight is 396 g/mol. The van der Waals surface area contributed by atoms with E-state index in [0.717, 1.165) is 49.0 Å². The van der Waals surface area contributed by atoms with Crippen LogP contribution in [0.5, 0.6) is 0 Å². The molecule has 154 valence electrons. The van der Waals surface area contributed by atoms with E-state index in [1.807, 2.05) is 18.2 Å². The lowest BCUT2D eigenvalue weighted by Gasteiger charge is -2.20. The highest BCUT2D eigenvalue weighted by Gasteiger charge is 2.52. The van der Waals surface area contributed by atoms with Gasteiger partial charge in [0.1, 0.15) is 5.82 Å². The predicted molar refractivity (Wildman–Crippen MR) is 110 cm³/mol. The number of H-pyrrole nitrogens is 1. The summed E-state index contributed by atoms with van der Waals surface area (Å²) in [5.41, 5.74) is 1.95. The Morgan fingerprint density at radius 1 is 1.28 bits per heavy atom. The Morgan fingerprint density at radius 3 is 2.76 bits per heavy atom. The van der Waals surface area contributed by atoms with E-state index in [4.69, 9.17) is 0 Å². The fourth-order valence-electron chi connectivity index (χ4n) is 4.59. The molecule has 2 heterocycles. The highest BCUT2D eigenvalue weighted by atomic mass is 16.2. The molecule has 7 heteroatoms. The Hall–Kier alpha value is -2.70. The van der Waals surface area contributed by atoms with Crippen LogP contribution in [0.4, 0.5) is 5.69 Å². The number of likely N-dealkylation sites (tertiary alicyclic amines) is 1. The maximum atomic E-state index is 12.7. The fourth-order valence-corrected chi connectivity index (χ4v) is 4.59. The van der Waals surface area contributed by atoms with Gasteiger partial charge in [0.15, 0.2) is 0 Å². The van der Waals surface area contributed by atoms with Gasteiger partial charge in [-0.2, -0.15) is 0 Å². The number of rotatable bonds is 6. The van der Waals surface area contributed by atoms with Crippen molar-refractivity contribution in [2.24, 2.45) is 11.3 Å². The summed E-state index contributed by atoms with van der Waals surface area (Å²) in [6.07, 6.45) is 4.88. The minimum Gasteiger partial charge on any atom is -0.342 e. The maximum Gasteiger partial charge on any atom is 0.235 e. The molecule has 7 nitrogen and oxygen atoms in total. The fraction of sp³-hybridized carbons (Fsp3) is 0.545. The summed E-state index contributed by atoms with van der Waals surface area (Å²) >= 11 is 0. The van der Waals surface area contributed by atoms with Crippen LogP contribution in [0.2, 0.25) is 0 Å². The van der Waals surface area contributed by atoms with E-state index < -0.39 is 5.41 Å². The van der Waals surface area contributed by atoms with Crippen molar-refractivity contribution in [3.63, 3.8) is 0 Å². The van der Waals surface area contributed by atoms with Crippen molar-refractivity contribution in [3.8, 4) is 0 Å². The maximum absolute atomic E-state index is 12.7. The summed E-state index contributed by atoms with van der Waals surface area (Å²) < 4.78 is 0. The SMILES string of the molecule is CC(C)Cc1nc2ccc(NC(=O)CCN3C(=O)CC4(CCCC4)C3=O)cc2[nH]1. The third-order valence-corrected chi connectivity index (χ3v) is 6.03. The molecule has 4 rings (SSSR count). The van der Waals surface area contributed by atoms with Gasteiger partial charge in [0, 0.05) is 31.5 Å². The van der Waals surface area contributed by atoms with Gasteiger partial charge in [-0.1, -0.05) is 26.7 Å². The van der Waals surface area contributed by atoms with Crippen molar-refractivity contribution in [1.82, 2.24) is 14.9 Å².